The van der Waals surface area contributed by atoms with Crippen molar-refractivity contribution < 1.29 is 24.4 Å². The van der Waals surface area contributed by atoms with Crippen LogP contribution in [0.4, 0.5) is 4.79 Å². The molecule has 106 valence electrons. The second-order valence-corrected chi connectivity index (χ2v) is 4.02. The summed E-state index contributed by atoms with van der Waals surface area (Å²) in [6.45, 7) is 0.182. The van der Waals surface area contributed by atoms with Gasteiger partial charge in [0.05, 0.1) is 12.1 Å². The van der Waals surface area contributed by atoms with Crippen LogP contribution < -0.4 is 16.2 Å². The van der Waals surface area contributed by atoms with Crippen LogP contribution in [0.5, 0.6) is 0 Å². The number of hydrogen-bond donors (Lipinski definition) is 4. The highest BCUT2D eigenvalue weighted by atomic mass is 16.5. The van der Waals surface area contributed by atoms with Crippen molar-refractivity contribution in [2.75, 3.05) is 6.54 Å². The zero-order valence-corrected chi connectivity index (χ0v) is 10.1. The first kappa shape index (κ1) is 13.7. The standard InChI is InChI=1S/C10H11N5O5/c16-4-13-15-7(3-12-10(15)19)6-1-8(17)5(2-11-6)9(18)14-20/h2,4,7,20H,1,3H2,(H,12,19)(H,13,16)(H,14,18). The highest BCUT2D eigenvalue weighted by Gasteiger charge is 2.37. The van der Waals surface area contributed by atoms with Crippen molar-refractivity contribution in [3.05, 3.63) is 11.8 Å². The Kier molecular flexibility index (Phi) is 3.75. The summed E-state index contributed by atoms with van der Waals surface area (Å²) in [5.74, 6) is -1.48. The molecule has 0 saturated carbocycles. The third kappa shape index (κ3) is 2.36. The maximum absolute atomic E-state index is 11.8. The van der Waals surface area contributed by atoms with E-state index in [1.54, 1.807) is 0 Å². The number of hydrogen-bond acceptors (Lipinski definition) is 6. The maximum Gasteiger partial charge on any atom is 0.336 e. The van der Waals surface area contributed by atoms with Crippen LogP contribution in [0, 0.1) is 0 Å². The average molecular weight is 281 g/mol. The average Bonchev–Trinajstić information content (AvgIpc) is 2.80. The summed E-state index contributed by atoms with van der Waals surface area (Å²) in [4.78, 5) is 48.8. The molecule has 10 nitrogen and oxygen atoms in total. The number of hydrazine groups is 1. The molecule has 2 heterocycles. The fourth-order valence-corrected chi connectivity index (χ4v) is 1.95. The Bertz CT molecular complexity index is 540. The zero-order valence-electron chi connectivity index (χ0n) is 10.1. The lowest BCUT2D eigenvalue weighted by molar-refractivity contribution is -0.128. The Morgan fingerprint density at radius 3 is 2.90 bits per heavy atom. The zero-order chi connectivity index (χ0) is 14.7. The van der Waals surface area contributed by atoms with Crippen LogP contribution in [-0.2, 0) is 14.4 Å². The van der Waals surface area contributed by atoms with Gasteiger partial charge in [-0.1, -0.05) is 0 Å². The fourth-order valence-electron chi connectivity index (χ4n) is 1.95. The van der Waals surface area contributed by atoms with Crippen molar-refractivity contribution in [2.45, 2.75) is 12.5 Å². The Morgan fingerprint density at radius 1 is 1.55 bits per heavy atom. The van der Waals surface area contributed by atoms with Crippen molar-refractivity contribution in [2.24, 2.45) is 4.99 Å². The summed E-state index contributed by atoms with van der Waals surface area (Å²) in [6, 6.07) is -1.12. The highest BCUT2D eigenvalue weighted by molar-refractivity contribution is 6.25. The number of carbonyl (C=O) groups is 4. The van der Waals surface area contributed by atoms with Gasteiger partial charge in [-0.15, -0.1) is 0 Å². The summed E-state index contributed by atoms with van der Waals surface area (Å²) in [7, 11) is 0. The van der Waals surface area contributed by atoms with E-state index in [0.29, 0.717) is 12.1 Å². The monoisotopic (exact) mass is 281 g/mol. The largest absolute Gasteiger partial charge is 0.336 e. The third-order valence-corrected chi connectivity index (χ3v) is 2.90. The number of amides is 4. The van der Waals surface area contributed by atoms with E-state index in [9.17, 15) is 19.2 Å². The first-order chi connectivity index (χ1) is 9.58. The van der Waals surface area contributed by atoms with Gasteiger partial charge < -0.3 is 5.32 Å². The van der Waals surface area contributed by atoms with Crippen LogP contribution in [0.15, 0.2) is 16.8 Å². The summed E-state index contributed by atoms with van der Waals surface area (Å²) in [6.07, 6.45) is 1.17. The second-order valence-electron chi connectivity index (χ2n) is 4.02. The molecule has 2 aliphatic heterocycles. The first-order valence-corrected chi connectivity index (χ1v) is 5.59. The van der Waals surface area contributed by atoms with Gasteiger partial charge in [0.2, 0.25) is 6.41 Å². The van der Waals surface area contributed by atoms with Gasteiger partial charge in [0.15, 0.2) is 5.78 Å². The van der Waals surface area contributed by atoms with Crippen LogP contribution in [0.1, 0.15) is 6.42 Å². The number of urea groups is 1. The number of carbonyl (C=O) groups excluding carboxylic acids is 4. The molecule has 4 amide bonds. The predicted molar refractivity (Wildman–Crippen MR) is 63.3 cm³/mol. The molecule has 10 heteroatoms. The highest BCUT2D eigenvalue weighted by Crippen LogP contribution is 2.15. The number of rotatable bonds is 4. The molecule has 0 aliphatic carbocycles. The number of ketones is 1. The predicted octanol–water partition coefficient (Wildman–Crippen LogP) is -2.16. The van der Waals surface area contributed by atoms with Crippen molar-refractivity contribution in [1.29, 1.82) is 0 Å². The van der Waals surface area contributed by atoms with E-state index in [1.165, 1.54) is 5.48 Å². The lowest BCUT2D eigenvalue weighted by Crippen LogP contribution is -2.49. The van der Waals surface area contributed by atoms with Crippen molar-refractivity contribution in [3.8, 4) is 0 Å². The first-order valence-electron chi connectivity index (χ1n) is 5.59. The van der Waals surface area contributed by atoms with E-state index in [2.05, 4.69) is 15.7 Å². The molecule has 1 unspecified atom stereocenters. The van der Waals surface area contributed by atoms with E-state index < -0.39 is 23.8 Å². The molecular formula is C10H11N5O5. The van der Waals surface area contributed by atoms with E-state index in [0.717, 1.165) is 11.2 Å². The molecule has 2 rings (SSSR count). The number of Topliss-reactive ketones (excluding diaryl/α,β-unsaturated/α-hetero) is 1. The van der Waals surface area contributed by atoms with Crippen LogP contribution in [0.3, 0.4) is 0 Å². The number of nitrogens with zero attached hydrogens (tertiary/aromatic N) is 2. The Labute approximate surface area is 112 Å². The van der Waals surface area contributed by atoms with Gasteiger partial charge in [0.1, 0.15) is 11.6 Å². The minimum absolute atomic E-state index is 0.182. The summed E-state index contributed by atoms with van der Waals surface area (Å²) >= 11 is 0. The molecule has 2 aliphatic rings. The minimum Gasteiger partial charge on any atom is -0.334 e. The SMILES string of the molecule is O=CNN1C(=O)NCC1C1=NC=C(C(=O)NO)C(=O)C1. The van der Waals surface area contributed by atoms with Crippen LogP contribution in [0.2, 0.25) is 0 Å². The molecule has 0 aromatic rings. The topological polar surface area (TPSA) is 140 Å². The van der Waals surface area contributed by atoms with E-state index >= 15 is 0 Å². The quantitative estimate of drug-likeness (QED) is 0.201. The van der Waals surface area contributed by atoms with Crippen LogP contribution in [0.25, 0.3) is 0 Å². The summed E-state index contributed by atoms with van der Waals surface area (Å²) in [5, 5.41) is 12.0. The second kappa shape index (κ2) is 5.48. The van der Waals surface area contributed by atoms with Gasteiger partial charge in [-0.2, -0.15) is 0 Å². The minimum atomic E-state index is -0.943. The molecule has 1 fully saturated rings. The van der Waals surface area contributed by atoms with E-state index in [-0.39, 0.29) is 18.5 Å². The van der Waals surface area contributed by atoms with Crippen LogP contribution in [-0.4, -0.2) is 52.6 Å². The summed E-state index contributed by atoms with van der Waals surface area (Å²) < 4.78 is 0. The van der Waals surface area contributed by atoms with Gasteiger partial charge in [-0.25, -0.2) is 15.3 Å². The molecule has 1 atom stereocenters. The molecular weight excluding hydrogens is 270 g/mol. The van der Waals surface area contributed by atoms with Gasteiger partial charge in [-0.05, 0) is 0 Å². The van der Waals surface area contributed by atoms with Crippen molar-refractivity contribution in [3.63, 3.8) is 0 Å². The number of hydroxylamine groups is 1. The molecule has 0 aromatic carbocycles. The lowest BCUT2D eigenvalue weighted by Gasteiger charge is -2.23. The fraction of sp³-hybridized carbons (Fsp3) is 0.300. The molecule has 0 bridgehead atoms. The van der Waals surface area contributed by atoms with E-state index in [1.807, 2.05) is 0 Å². The number of aliphatic imine (C=N–C) groups is 1. The Morgan fingerprint density at radius 2 is 2.30 bits per heavy atom. The van der Waals surface area contributed by atoms with Gasteiger partial charge >= 0.3 is 6.03 Å². The van der Waals surface area contributed by atoms with Gasteiger partial charge in [0, 0.05) is 12.7 Å². The van der Waals surface area contributed by atoms with Crippen molar-refractivity contribution >= 4 is 29.8 Å². The Balaban J connectivity index is 2.22. The van der Waals surface area contributed by atoms with Crippen molar-refractivity contribution in [1.82, 2.24) is 21.2 Å². The maximum atomic E-state index is 11.8. The molecule has 1 saturated heterocycles. The molecule has 0 aromatic heterocycles. The van der Waals surface area contributed by atoms with Gasteiger partial charge in [0.25, 0.3) is 5.91 Å². The lowest BCUT2D eigenvalue weighted by atomic mass is 9.99. The summed E-state index contributed by atoms with van der Waals surface area (Å²) in [5.41, 5.74) is 3.62. The van der Waals surface area contributed by atoms with Crippen LogP contribution >= 0.6 is 0 Å². The molecule has 20 heavy (non-hydrogen) atoms. The third-order valence-electron chi connectivity index (χ3n) is 2.90. The van der Waals surface area contributed by atoms with E-state index in [4.69, 9.17) is 5.21 Å². The number of nitrogens with one attached hydrogen (secondary N) is 3. The van der Waals surface area contributed by atoms with Gasteiger partial charge in [-0.3, -0.25) is 30.0 Å². The smallest absolute Gasteiger partial charge is 0.334 e. The Hall–Kier alpha value is -2.75. The normalized spacial score (nSPS) is 21.9. The molecule has 4 N–H and O–H groups in total. The molecule has 0 radical (unpaired) electrons. The molecule has 0 spiro atoms.